The van der Waals surface area contributed by atoms with Crippen molar-refractivity contribution in [3.63, 3.8) is 0 Å². The molecule has 1 amide bonds. The lowest BCUT2D eigenvalue weighted by atomic mass is 9.95. The Morgan fingerprint density at radius 2 is 1.79 bits per heavy atom. The summed E-state index contributed by atoms with van der Waals surface area (Å²) in [5.74, 6) is -2.01. The molecule has 0 spiro atoms. The number of aliphatic hydroxyl groups is 1. The highest BCUT2D eigenvalue weighted by atomic mass is 16.5. The van der Waals surface area contributed by atoms with Crippen LogP contribution in [0.1, 0.15) is 48.7 Å². The molecule has 0 fully saturated rings. The maximum Gasteiger partial charge on any atom is 0.338 e. The summed E-state index contributed by atoms with van der Waals surface area (Å²) in [5, 5.41) is 10.5. The zero-order valence-corrected chi connectivity index (χ0v) is 16.4. The van der Waals surface area contributed by atoms with E-state index in [1.807, 2.05) is 13.0 Å². The minimum atomic E-state index is -0.766. The summed E-state index contributed by atoms with van der Waals surface area (Å²) in [6, 6.07) is 14.7. The Morgan fingerprint density at radius 1 is 1.07 bits per heavy atom. The molecule has 1 unspecified atom stereocenters. The van der Waals surface area contributed by atoms with E-state index < -0.39 is 23.7 Å². The number of nitrogens with zero attached hydrogens (tertiary/aromatic N) is 1. The Balaban J connectivity index is 2.07. The number of hydrogen-bond donors (Lipinski definition) is 1. The Kier molecular flexibility index (Phi) is 6.12. The van der Waals surface area contributed by atoms with Crippen molar-refractivity contribution in [2.45, 2.75) is 32.7 Å². The summed E-state index contributed by atoms with van der Waals surface area (Å²) in [6.45, 7) is 3.88. The lowest BCUT2D eigenvalue weighted by Gasteiger charge is -2.27. The number of Topliss-reactive ketones (excluding diaryl/α,β-unsaturated/α-hetero) is 1. The van der Waals surface area contributed by atoms with Gasteiger partial charge in [-0.25, -0.2) is 4.79 Å². The molecule has 1 atom stereocenters. The molecule has 0 bridgehead atoms. The number of ketones is 1. The molecule has 6 nitrogen and oxygen atoms in total. The van der Waals surface area contributed by atoms with Crippen LogP contribution in [-0.4, -0.2) is 29.4 Å². The van der Waals surface area contributed by atoms with Crippen molar-refractivity contribution in [1.29, 1.82) is 0 Å². The average Bonchev–Trinajstić information content (AvgIpc) is 3.03. The van der Waals surface area contributed by atoms with E-state index >= 15 is 0 Å². The van der Waals surface area contributed by atoms with Crippen LogP contribution in [0.2, 0.25) is 0 Å². The van der Waals surface area contributed by atoms with Crippen LogP contribution in [0.3, 0.4) is 0 Å². The Morgan fingerprint density at radius 3 is 2.45 bits per heavy atom. The summed E-state index contributed by atoms with van der Waals surface area (Å²) in [5.41, 5.74) is 1.47. The predicted octanol–water partition coefficient (Wildman–Crippen LogP) is 4.13. The summed E-state index contributed by atoms with van der Waals surface area (Å²) >= 11 is 0. The number of hydrogen-bond acceptors (Lipinski definition) is 5. The average molecular weight is 393 g/mol. The van der Waals surface area contributed by atoms with Crippen molar-refractivity contribution >= 4 is 23.3 Å². The van der Waals surface area contributed by atoms with Crippen LogP contribution in [0.15, 0.2) is 65.9 Å². The molecule has 29 heavy (non-hydrogen) atoms. The van der Waals surface area contributed by atoms with Crippen LogP contribution in [0.5, 0.6) is 0 Å². The predicted molar refractivity (Wildman–Crippen MR) is 109 cm³/mol. The van der Waals surface area contributed by atoms with Crippen LogP contribution in [0.25, 0.3) is 0 Å². The monoisotopic (exact) mass is 393 g/mol. The van der Waals surface area contributed by atoms with E-state index in [4.69, 9.17) is 4.74 Å². The largest absolute Gasteiger partial charge is 0.503 e. The van der Waals surface area contributed by atoms with Crippen LogP contribution in [0.4, 0.5) is 5.69 Å². The van der Waals surface area contributed by atoms with Gasteiger partial charge in [0.05, 0.1) is 23.8 Å². The SMILES string of the molecule is CCCOC(=O)c1cccc(N2C(=O)C(O)=C(C(=O)CC)C2c2ccccc2)c1. The second kappa shape index (κ2) is 8.73. The third kappa shape index (κ3) is 3.92. The fourth-order valence-corrected chi connectivity index (χ4v) is 3.36. The number of esters is 1. The fraction of sp³-hybridized carbons (Fsp3) is 0.261. The number of ether oxygens (including phenoxy) is 1. The van der Waals surface area contributed by atoms with Gasteiger partial charge in [-0.1, -0.05) is 50.2 Å². The lowest BCUT2D eigenvalue weighted by molar-refractivity contribution is -0.118. The molecule has 0 saturated heterocycles. The first-order valence-electron chi connectivity index (χ1n) is 9.61. The minimum Gasteiger partial charge on any atom is -0.503 e. The summed E-state index contributed by atoms with van der Waals surface area (Å²) in [6.07, 6.45) is 0.861. The second-order valence-corrected chi connectivity index (χ2v) is 6.71. The van der Waals surface area contributed by atoms with Gasteiger partial charge in [0.15, 0.2) is 11.5 Å². The van der Waals surface area contributed by atoms with Crippen LogP contribution >= 0.6 is 0 Å². The molecular formula is C23H23NO5. The highest BCUT2D eigenvalue weighted by Crippen LogP contribution is 2.41. The van der Waals surface area contributed by atoms with Crippen molar-refractivity contribution < 1.29 is 24.2 Å². The molecule has 1 N–H and O–H groups in total. The number of rotatable bonds is 7. The molecule has 2 aromatic rings. The normalized spacial score (nSPS) is 16.3. The molecule has 0 radical (unpaired) electrons. The van der Waals surface area contributed by atoms with Crippen molar-refractivity contribution in [3.8, 4) is 0 Å². The molecule has 3 rings (SSSR count). The molecule has 1 aliphatic rings. The number of aliphatic hydroxyl groups excluding tert-OH is 1. The number of benzene rings is 2. The van der Waals surface area contributed by atoms with E-state index in [2.05, 4.69) is 0 Å². The van der Waals surface area contributed by atoms with Crippen molar-refractivity contribution in [2.75, 3.05) is 11.5 Å². The molecule has 1 aliphatic heterocycles. The first kappa shape index (κ1) is 20.3. The van der Waals surface area contributed by atoms with E-state index in [0.717, 1.165) is 0 Å². The van der Waals surface area contributed by atoms with Crippen LogP contribution in [0, 0.1) is 0 Å². The van der Waals surface area contributed by atoms with E-state index in [1.54, 1.807) is 55.5 Å². The molecule has 1 heterocycles. The maximum absolute atomic E-state index is 12.9. The molecule has 2 aromatic carbocycles. The number of carbonyl (C=O) groups is 3. The second-order valence-electron chi connectivity index (χ2n) is 6.71. The van der Waals surface area contributed by atoms with Gasteiger partial charge in [-0.3, -0.25) is 14.5 Å². The van der Waals surface area contributed by atoms with Gasteiger partial charge in [0, 0.05) is 12.1 Å². The maximum atomic E-state index is 12.9. The zero-order chi connectivity index (χ0) is 21.0. The summed E-state index contributed by atoms with van der Waals surface area (Å²) < 4.78 is 5.17. The fourth-order valence-electron chi connectivity index (χ4n) is 3.36. The number of amides is 1. The van der Waals surface area contributed by atoms with Gasteiger partial charge in [0.1, 0.15) is 0 Å². The Labute approximate surface area is 169 Å². The quantitative estimate of drug-likeness (QED) is 0.715. The number of carbonyl (C=O) groups excluding carboxylic acids is 3. The molecule has 6 heteroatoms. The van der Waals surface area contributed by atoms with Gasteiger partial charge < -0.3 is 9.84 Å². The number of anilines is 1. The lowest BCUT2D eigenvalue weighted by Crippen LogP contribution is -2.31. The Bertz CT molecular complexity index is 964. The first-order valence-corrected chi connectivity index (χ1v) is 9.61. The standard InChI is InChI=1S/C23H23NO5/c1-3-13-29-23(28)16-11-8-12-17(14-16)24-20(15-9-6-5-7-10-15)19(18(25)4-2)21(26)22(24)27/h5-12,14,20,26H,3-4,13H2,1-2H3. The summed E-state index contributed by atoms with van der Waals surface area (Å²) in [7, 11) is 0. The highest BCUT2D eigenvalue weighted by Gasteiger charge is 2.43. The smallest absolute Gasteiger partial charge is 0.338 e. The molecule has 150 valence electrons. The van der Waals surface area contributed by atoms with Crippen molar-refractivity contribution in [3.05, 3.63) is 77.1 Å². The van der Waals surface area contributed by atoms with Gasteiger partial charge in [0.25, 0.3) is 5.91 Å². The molecule has 0 aliphatic carbocycles. The van der Waals surface area contributed by atoms with E-state index in [1.165, 1.54) is 4.90 Å². The van der Waals surface area contributed by atoms with Gasteiger partial charge in [-0.05, 0) is 30.2 Å². The van der Waals surface area contributed by atoms with E-state index in [9.17, 15) is 19.5 Å². The topological polar surface area (TPSA) is 83.9 Å². The van der Waals surface area contributed by atoms with Crippen LogP contribution < -0.4 is 4.90 Å². The van der Waals surface area contributed by atoms with E-state index in [-0.39, 0.29) is 17.8 Å². The molecule has 0 aromatic heterocycles. The minimum absolute atomic E-state index is 0.0719. The first-order chi connectivity index (χ1) is 14.0. The third-order valence-electron chi connectivity index (χ3n) is 4.74. The van der Waals surface area contributed by atoms with Crippen molar-refractivity contribution in [1.82, 2.24) is 0 Å². The van der Waals surface area contributed by atoms with Gasteiger partial charge in [0.2, 0.25) is 0 Å². The molecular weight excluding hydrogens is 370 g/mol. The Hall–Kier alpha value is -3.41. The van der Waals surface area contributed by atoms with Gasteiger partial charge >= 0.3 is 5.97 Å². The van der Waals surface area contributed by atoms with Crippen molar-refractivity contribution in [2.24, 2.45) is 0 Å². The third-order valence-corrected chi connectivity index (χ3v) is 4.74. The zero-order valence-electron chi connectivity index (χ0n) is 16.4. The van der Waals surface area contributed by atoms with E-state index in [0.29, 0.717) is 29.8 Å². The van der Waals surface area contributed by atoms with Gasteiger partial charge in [-0.2, -0.15) is 0 Å². The van der Waals surface area contributed by atoms with Gasteiger partial charge in [-0.15, -0.1) is 0 Å². The highest BCUT2D eigenvalue weighted by molar-refractivity contribution is 6.16. The molecule has 0 saturated carbocycles. The summed E-state index contributed by atoms with van der Waals surface area (Å²) in [4.78, 5) is 39.1. The van der Waals surface area contributed by atoms with Crippen LogP contribution in [-0.2, 0) is 14.3 Å².